The van der Waals surface area contributed by atoms with Crippen molar-refractivity contribution >= 4 is 59.4 Å². The molecule has 0 bridgehead atoms. The van der Waals surface area contributed by atoms with Crippen LogP contribution in [-0.4, -0.2) is 24.2 Å². The van der Waals surface area contributed by atoms with E-state index in [0.29, 0.717) is 22.5 Å². The van der Waals surface area contributed by atoms with E-state index in [1.807, 2.05) is 42.5 Å². The molecule has 0 amide bonds. The number of fused-ring (bicyclic) bond motifs is 1. The fraction of sp³-hybridized carbons (Fsp3) is 0.452. The second-order valence-electron chi connectivity index (χ2n) is 11.5. The Morgan fingerprint density at radius 3 is 2.12 bits per heavy atom. The van der Waals surface area contributed by atoms with E-state index < -0.39 is 0 Å². The Bertz CT molecular complexity index is 1380. The van der Waals surface area contributed by atoms with Crippen LogP contribution in [0.25, 0.3) is 9.53 Å². The molecule has 2 heterocycles. The number of anilines is 1. The summed E-state index contributed by atoms with van der Waals surface area (Å²) in [5.41, 5.74) is 3.14. The molecule has 0 saturated heterocycles. The van der Waals surface area contributed by atoms with Crippen LogP contribution >= 0.6 is 22.7 Å². The Kier molecular flexibility index (Phi) is 10.0. The molecule has 40 heavy (non-hydrogen) atoms. The number of benzene rings is 2. The van der Waals surface area contributed by atoms with Gasteiger partial charge in [0, 0.05) is 18.3 Å². The largest absolute Gasteiger partial charge is 0.494 e. The molecule has 2 aromatic carbocycles. The van der Waals surface area contributed by atoms with Crippen molar-refractivity contribution in [1.29, 1.82) is 0 Å². The molecule has 0 aliphatic carbocycles. The Morgan fingerprint density at radius 1 is 0.875 bits per heavy atom. The maximum Gasteiger partial charge on any atom is 0.231 e. The zero-order valence-corrected chi connectivity index (χ0v) is 26.2. The molecule has 4 aromatic rings. The lowest BCUT2D eigenvalue weighted by Gasteiger charge is -2.27. The summed E-state index contributed by atoms with van der Waals surface area (Å²) >= 11 is 3.00. The maximum atomic E-state index is 5.93. The zero-order chi connectivity index (χ0) is 28.7. The normalized spacial score (nSPS) is 13.2. The molecule has 4 rings (SSSR count). The number of thiazole rings is 1. The zero-order valence-electron chi connectivity index (χ0n) is 24.6. The van der Waals surface area contributed by atoms with Crippen LogP contribution in [0, 0.1) is 11.3 Å². The lowest BCUT2D eigenvalue weighted by Crippen LogP contribution is -2.30. The van der Waals surface area contributed by atoms with Crippen molar-refractivity contribution < 1.29 is 4.74 Å². The van der Waals surface area contributed by atoms with Crippen molar-refractivity contribution in [1.82, 2.24) is 4.98 Å². The predicted molar refractivity (Wildman–Crippen MR) is 170 cm³/mol. The van der Waals surface area contributed by atoms with Gasteiger partial charge in [0.2, 0.25) is 5.13 Å². The van der Waals surface area contributed by atoms with E-state index in [-0.39, 0.29) is 0 Å². The quantitative estimate of drug-likeness (QED) is 0.157. The van der Waals surface area contributed by atoms with Crippen LogP contribution in [0.15, 0.2) is 75.1 Å². The summed E-state index contributed by atoms with van der Waals surface area (Å²) < 4.78 is 6.96. The van der Waals surface area contributed by atoms with Gasteiger partial charge in [-0.15, -0.1) is 20.5 Å². The van der Waals surface area contributed by atoms with Crippen molar-refractivity contribution in [2.24, 2.45) is 31.8 Å². The van der Waals surface area contributed by atoms with E-state index in [0.717, 1.165) is 51.2 Å². The van der Waals surface area contributed by atoms with Gasteiger partial charge in [-0.2, -0.15) is 0 Å². The van der Waals surface area contributed by atoms with E-state index >= 15 is 0 Å². The summed E-state index contributed by atoms with van der Waals surface area (Å²) in [6.45, 7) is 17.4. The molecule has 7 nitrogen and oxygen atoms in total. The predicted octanol–water partition coefficient (Wildman–Crippen LogP) is 11.3. The summed E-state index contributed by atoms with van der Waals surface area (Å²) in [5.74, 6) is 1.50. The topological polar surface area (TPSA) is 74.8 Å². The fourth-order valence-corrected chi connectivity index (χ4v) is 6.55. The van der Waals surface area contributed by atoms with Gasteiger partial charge in [0.25, 0.3) is 0 Å². The van der Waals surface area contributed by atoms with Crippen molar-refractivity contribution in [2.75, 3.05) is 18.1 Å². The standard InChI is InChI=1S/C31H40N6OS2/c1-8-37(21(2)3)25-13-9-23(10-14-25)34-36-30-32-29-27(39-30)19-28(40-29)35-33-24-11-15-26(16-12-24)38-18-17-22(4)20-31(5,6)7/h9-16,19,21-22H,8,17-18,20H2,1-7H3. The number of rotatable bonds is 12. The fourth-order valence-electron chi connectivity index (χ4n) is 4.70. The lowest BCUT2D eigenvalue weighted by atomic mass is 9.84. The summed E-state index contributed by atoms with van der Waals surface area (Å²) in [7, 11) is 0. The number of hydrogen-bond acceptors (Lipinski definition) is 9. The summed E-state index contributed by atoms with van der Waals surface area (Å²) in [5, 5.41) is 19.0. The third-order valence-corrected chi connectivity index (χ3v) is 8.33. The summed E-state index contributed by atoms with van der Waals surface area (Å²) in [6.07, 6.45) is 2.25. The molecule has 0 N–H and O–H groups in total. The first-order valence-electron chi connectivity index (χ1n) is 13.9. The molecule has 2 aromatic heterocycles. The SMILES string of the molecule is CCN(c1ccc(N=Nc2nc3sc(N=Nc4ccc(OCCC(C)CC(C)(C)C)cc4)cc3s2)cc1)C(C)C. The monoisotopic (exact) mass is 576 g/mol. The minimum absolute atomic E-state index is 0.352. The minimum atomic E-state index is 0.352. The highest BCUT2D eigenvalue weighted by atomic mass is 32.1. The van der Waals surface area contributed by atoms with Gasteiger partial charge in [-0.1, -0.05) is 50.4 Å². The van der Waals surface area contributed by atoms with Gasteiger partial charge in [0.1, 0.15) is 15.6 Å². The molecule has 0 aliphatic heterocycles. The first-order chi connectivity index (χ1) is 19.1. The Balaban J connectivity index is 1.29. The Labute approximate surface area is 246 Å². The molecule has 0 saturated carbocycles. The van der Waals surface area contributed by atoms with E-state index in [2.05, 4.69) is 90.9 Å². The highest BCUT2D eigenvalue weighted by Crippen LogP contribution is 2.39. The summed E-state index contributed by atoms with van der Waals surface area (Å²) in [4.78, 5) is 7.84. The van der Waals surface area contributed by atoms with Gasteiger partial charge in [0.15, 0.2) is 0 Å². The summed E-state index contributed by atoms with van der Waals surface area (Å²) in [6, 6.07) is 18.4. The van der Waals surface area contributed by atoms with Gasteiger partial charge >= 0.3 is 0 Å². The lowest BCUT2D eigenvalue weighted by molar-refractivity contribution is 0.240. The van der Waals surface area contributed by atoms with E-state index in [1.54, 1.807) is 0 Å². The Morgan fingerprint density at radius 2 is 1.52 bits per heavy atom. The minimum Gasteiger partial charge on any atom is -0.494 e. The maximum absolute atomic E-state index is 5.93. The first kappa shape index (κ1) is 29.8. The third-order valence-electron chi connectivity index (χ3n) is 6.40. The van der Waals surface area contributed by atoms with Crippen LogP contribution in [0.1, 0.15) is 61.3 Å². The molecular formula is C31H40N6OS2. The molecular weight excluding hydrogens is 537 g/mol. The average molecular weight is 577 g/mol. The van der Waals surface area contributed by atoms with E-state index in [4.69, 9.17) is 4.74 Å². The molecule has 212 valence electrons. The highest BCUT2D eigenvalue weighted by molar-refractivity contribution is 7.30. The van der Waals surface area contributed by atoms with Crippen LogP contribution in [-0.2, 0) is 0 Å². The first-order valence-corrected chi connectivity index (χ1v) is 15.6. The number of azo groups is 2. The molecule has 9 heteroatoms. The smallest absolute Gasteiger partial charge is 0.231 e. The van der Waals surface area contributed by atoms with Gasteiger partial charge in [-0.05, 0) is 99.5 Å². The number of ether oxygens (including phenoxy) is 1. The van der Waals surface area contributed by atoms with Crippen molar-refractivity contribution in [2.45, 2.75) is 67.3 Å². The van der Waals surface area contributed by atoms with Crippen LogP contribution < -0.4 is 9.64 Å². The number of nitrogens with zero attached hydrogens (tertiary/aromatic N) is 6. The van der Waals surface area contributed by atoms with Crippen LogP contribution in [0.2, 0.25) is 0 Å². The molecule has 0 aliphatic rings. The number of thiophene rings is 1. The number of hydrogen-bond donors (Lipinski definition) is 0. The number of aromatic nitrogens is 1. The second-order valence-corrected chi connectivity index (χ2v) is 13.6. The molecule has 0 radical (unpaired) electrons. The van der Waals surface area contributed by atoms with Crippen LogP contribution in [0.3, 0.4) is 0 Å². The van der Waals surface area contributed by atoms with Crippen molar-refractivity contribution in [3.8, 4) is 5.75 Å². The Hall–Kier alpha value is -3.17. The van der Waals surface area contributed by atoms with Gasteiger partial charge in [0.05, 0.1) is 22.7 Å². The molecule has 1 unspecified atom stereocenters. The van der Waals surface area contributed by atoms with E-state index in [9.17, 15) is 0 Å². The van der Waals surface area contributed by atoms with Crippen LogP contribution in [0.4, 0.5) is 27.2 Å². The highest BCUT2D eigenvalue weighted by Gasteiger charge is 2.15. The molecule has 1 atom stereocenters. The van der Waals surface area contributed by atoms with Gasteiger partial charge in [-0.25, -0.2) is 4.98 Å². The van der Waals surface area contributed by atoms with Gasteiger partial charge in [-0.3, -0.25) is 0 Å². The molecule has 0 fully saturated rings. The average Bonchev–Trinajstić information content (AvgIpc) is 3.45. The molecule has 0 spiro atoms. The second kappa shape index (κ2) is 13.5. The van der Waals surface area contributed by atoms with Gasteiger partial charge < -0.3 is 9.64 Å². The van der Waals surface area contributed by atoms with E-state index in [1.165, 1.54) is 34.8 Å². The van der Waals surface area contributed by atoms with Crippen molar-refractivity contribution in [3.05, 3.63) is 54.6 Å². The third kappa shape index (κ3) is 8.66. The van der Waals surface area contributed by atoms with Crippen molar-refractivity contribution in [3.63, 3.8) is 0 Å². The van der Waals surface area contributed by atoms with Crippen LogP contribution in [0.5, 0.6) is 5.75 Å².